The van der Waals surface area contributed by atoms with Gasteiger partial charge in [-0.3, -0.25) is 4.79 Å². The quantitative estimate of drug-likeness (QED) is 0.392. The Bertz CT molecular complexity index is 1220. The molecule has 1 unspecified atom stereocenters. The molecule has 0 N–H and O–H groups in total. The lowest BCUT2D eigenvalue weighted by Crippen LogP contribution is -2.18. The van der Waals surface area contributed by atoms with Crippen LogP contribution in [0.3, 0.4) is 0 Å². The van der Waals surface area contributed by atoms with Crippen LogP contribution in [-0.2, 0) is 19.7 Å². The summed E-state index contributed by atoms with van der Waals surface area (Å²) in [7, 11) is 0. The van der Waals surface area contributed by atoms with E-state index in [4.69, 9.17) is 9.47 Å². The lowest BCUT2D eigenvalue weighted by Gasteiger charge is -2.25. The number of ether oxygens (including phenoxy) is 2. The fraction of sp³-hybridized carbons (Fsp3) is 0.323. The van der Waals surface area contributed by atoms with E-state index in [1.54, 1.807) is 0 Å². The highest BCUT2D eigenvalue weighted by atomic mass is 16.6. The monoisotopic (exact) mass is 452 g/mol. The van der Waals surface area contributed by atoms with Gasteiger partial charge < -0.3 is 9.47 Å². The Labute approximate surface area is 202 Å². The number of cyclic esters (lactones) is 1. The third-order valence-electron chi connectivity index (χ3n) is 6.87. The largest absolute Gasteiger partial charge is 0.460 e. The number of rotatable bonds is 5. The van der Waals surface area contributed by atoms with Gasteiger partial charge in [-0.25, -0.2) is 0 Å². The van der Waals surface area contributed by atoms with Crippen molar-refractivity contribution in [3.05, 3.63) is 107 Å². The molecular formula is C31H32O3. The van der Waals surface area contributed by atoms with E-state index in [2.05, 4.69) is 93.6 Å². The molecule has 3 nitrogen and oxygen atoms in total. The topological polar surface area (TPSA) is 35.5 Å². The highest BCUT2D eigenvalue weighted by Gasteiger charge is 2.38. The summed E-state index contributed by atoms with van der Waals surface area (Å²) in [5, 5.41) is 0. The maximum Gasteiger partial charge on any atom is 0.309 e. The second-order valence-corrected chi connectivity index (χ2v) is 10.4. The summed E-state index contributed by atoms with van der Waals surface area (Å²) < 4.78 is 12.2. The lowest BCUT2D eigenvalue weighted by atomic mass is 9.80. The summed E-state index contributed by atoms with van der Waals surface area (Å²) >= 11 is 0. The molecule has 1 heterocycles. The predicted molar refractivity (Wildman–Crippen MR) is 136 cm³/mol. The fourth-order valence-electron chi connectivity index (χ4n) is 5.23. The maximum atomic E-state index is 12.0. The van der Waals surface area contributed by atoms with Gasteiger partial charge in [-0.05, 0) is 45.2 Å². The van der Waals surface area contributed by atoms with E-state index < -0.39 is 0 Å². The molecule has 34 heavy (non-hydrogen) atoms. The van der Waals surface area contributed by atoms with Crippen molar-refractivity contribution in [2.24, 2.45) is 5.92 Å². The van der Waals surface area contributed by atoms with Crippen molar-refractivity contribution in [3.63, 3.8) is 0 Å². The van der Waals surface area contributed by atoms with Crippen LogP contribution in [0.25, 0.3) is 11.1 Å². The zero-order valence-electron chi connectivity index (χ0n) is 20.4. The Balaban J connectivity index is 1.69. The van der Waals surface area contributed by atoms with E-state index in [1.807, 2.05) is 13.0 Å². The standard InChI is InChI=1S/C31H32O3/c1-20-18-23(34-30(20)32)19-33-29-24-16-11-17-25(31(2,3)4)28(24)26(21-12-7-5-8-13-21)27(29)22-14-9-6-10-15-22/h5-17,20,23,29H,18-19H2,1-4H3/t20-,23-,29?/m0/s1. The first-order valence-electron chi connectivity index (χ1n) is 12.2. The molecule has 1 fully saturated rings. The molecule has 1 saturated heterocycles. The number of hydrogen-bond acceptors (Lipinski definition) is 3. The van der Waals surface area contributed by atoms with E-state index in [0.717, 1.165) is 5.56 Å². The SMILES string of the molecule is C[C@H]1C[C@@H](COC2C(c3ccccc3)=C(c3ccccc3)c3c2cccc3C(C)(C)C)OC1=O. The van der Waals surface area contributed by atoms with Crippen LogP contribution >= 0.6 is 0 Å². The van der Waals surface area contributed by atoms with Crippen molar-refractivity contribution in [1.29, 1.82) is 0 Å². The van der Waals surface area contributed by atoms with Crippen LogP contribution in [0.5, 0.6) is 0 Å². The first kappa shape index (κ1) is 22.6. The molecule has 5 rings (SSSR count). The number of esters is 1. The zero-order chi connectivity index (χ0) is 23.9. The molecular weight excluding hydrogens is 420 g/mol. The molecule has 1 aliphatic heterocycles. The van der Waals surface area contributed by atoms with Crippen LogP contribution in [0.1, 0.15) is 68.0 Å². The molecule has 3 heteroatoms. The normalized spacial score (nSPS) is 22.1. The van der Waals surface area contributed by atoms with Gasteiger partial charge in [-0.15, -0.1) is 0 Å². The minimum Gasteiger partial charge on any atom is -0.460 e. The smallest absolute Gasteiger partial charge is 0.309 e. The molecule has 3 atom stereocenters. The fourth-order valence-corrected chi connectivity index (χ4v) is 5.23. The summed E-state index contributed by atoms with van der Waals surface area (Å²) in [5.74, 6) is -0.194. The van der Waals surface area contributed by atoms with Crippen molar-refractivity contribution in [1.82, 2.24) is 0 Å². The molecule has 0 aromatic heterocycles. The average molecular weight is 453 g/mol. The summed E-state index contributed by atoms with van der Waals surface area (Å²) in [6, 6.07) is 27.7. The summed E-state index contributed by atoms with van der Waals surface area (Å²) in [6.07, 6.45) is 0.273. The van der Waals surface area contributed by atoms with Gasteiger partial charge >= 0.3 is 5.97 Å². The van der Waals surface area contributed by atoms with Crippen LogP contribution in [-0.4, -0.2) is 18.7 Å². The van der Waals surface area contributed by atoms with E-state index >= 15 is 0 Å². The average Bonchev–Trinajstić information content (AvgIpc) is 3.34. The molecule has 1 aliphatic carbocycles. The Morgan fingerprint density at radius 2 is 1.53 bits per heavy atom. The summed E-state index contributed by atoms with van der Waals surface area (Å²) in [6.45, 7) is 9.10. The van der Waals surface area contributed by atoms with Crippen LogP contribution in [0.15, 0.2) is 78.9 Å². The molecule has 2 aliphatic rings. The van der Waals surface area contributed by atoms with E-state index in [-0.39, 0.29) is 29.5 Å². The van der Waals surface area contributed by atoms with Crippen LogP contribution in [0, 0.1) is 5.92 Å². The van der Waals surface area contributed by atoms with Crippen molar-refractivity contribution in [2.75, 3.05) is 6.61 Å². The third-order valence-corrected chi connectivity index (χ3v) is 6.87. The van der Waals surface area contributed by atoms with Gasteiger partial charge in [0.1, 0.15) is 12.2 Å². The van der Waals surface area contributed by atoms with Crippen molar-refractivity contribution < 1.29 is 14.3 Å². The van der Waals surface area contributed by atoms with E-state index in [9.17, 15) is 4.79 Å². The number of fused-ring (bicyclic) bond motifs is 1. The zero-order valence-corrected chi connectivity index (χ0v) is 20.4. The first-order valence-corrected chi connectivity index (χ1v) is 12.2. The van der Waals surface area contributed by atoms with Crippen LogP contribution in [0.4, 0.5) is 0 Å². The lowest BCUT2D eigenvalue weighted by molar-refractivity contribution is -0.146. The number of carbonyl (C=O) groups is 1. The Morgan fingerprint density at radius 1 is 0.882 bits per heavy atom. The predicted octanol–water partition coefficient (Wildman–Crippen LogP) is 6.97. The van der Waals surface area contributed by atoms with E-state index in [1.165, 1.54) is 33.4 Å². The van der Waals surface area contributed by atoms with Gasteiger partial charge in [-0.1, -0.05) is 107 Å². The van der Waals surface area contributed by atoms with Gasteiger partial charge in [0.25, 0.3) is 0 Å². The first-order chi connectivity index (χ1) is 16.3. The molecule has 3 aromatic rings. The molecule has 0 amide bonds. The number of hydrogen-bond donors (Lipinski definition) is 0. The third kappa shape index (κ3) is 4.10. The maximum absolute atomic E-state index is 12.0. The van der Waals surface area contributed by atoms with Gasteiger partial charge in [0, 0.05) is 5.57 Å². The minimum absolute atomic E-state index is 0.0293. The highest BCUT2D eigenvalue weighted by Crippen LogP contribution is 2.53. The Hall–Kier alpha value is -3.17. The van der Waals surface area contributed by atoms with Crippen molar-refractivity contribution in [3.8, 4) is 0 Å². The summed E-state index contributed by atoms with van der Waals surface area (Å²) in [4.78, 5) is 12.0. The summed E-state index contributed by atoms with van der Waals surface area (Å²) in [5.41, 5.74) is 8.47. The van der Waals surface area contributed by atoms with Gasteiger partial charge in [-0.2, -0.15) is 0 Å². The number of benzene rings is 3. The van der Waals surface area contributed by atoms with Crippen molar-refractivity contribution in [2.45, 2.75) is 51.7 Å². The molecule has 3 aromatic carbocycles. The Kier molecular flexibility index (Phi) is 5.91. The molecule has 0 bridgehead atoms. The van der Waals surface area contributed by atoms with Crippen LogP contribution in [0.2, 0.25) is 0 Å². The van der Waals surface area contributed by atoms with Crippen LogP contribution < -0.4 is 0 Å². The van der Waals surface area contributed by atoms with Gasteiger partial charge in [0.15, 0.2) is 0 Å². The molecule has 0 radical (unpaired) electrons. The number of carbonyl (C=O) groups excluding carboxylic acids is 1. The molecule has 0 spiro atoms. The van der Waals surface area contributed by atoms with Gasteiger partial charge in [0.05, 0.1) is 12.5 Å². The second-order valence-electron chi connectivity index (χ2n) is 10.4. The Morgan fingerprint density at radius 3 is 2.12 bits per heavy atom. The molecule has 0 saturated carbocycles. The van der Waals surface area contributed by atoms with Gasteiger partial charge in [0.2, 0.25) is 0 Å². The van der Waals surface area contributed by atoms with Crippen molar-refractivity contribution >= 4 is 17.1 Å². The highest BCUT2D eigenvalue weighted by molar-refractivity contribution is 6.06. The minimum atomic E-state index is -0.232. The second kappa shape index (κ2) is 8.88. The van der Waals surface area contributed by atoms with E-state index in [0.29, 0.717) is 13.0 Å². The molecule has 174 valence electrons.